The summed E-state index contributed by atoms with van der Waals surface area (Å²) in [4.78, 5) is 24.0. The monoisotopic (exact) mass is 397 g/mol. The van der Waals surface area contributed by atoms with Crippen molar-refractivity contribution < 1.29 is 14.0 Å². The lowest BCUT2D eigenvalue weighted by Crippen LogP contribution is -2.43. The Kier molecular flexibility index (Phi) is 7.38. The Labute approximate surface area is 160 Å². The van der Waals surface area contributed by atoms with Crippen molar-refractivity contribution in [3.63, 3.8) is 0 Å². The number of benzene rings is 2. The van der Waals surface area contributed by atoms with Crippen molar-refractivity contribution in [3.8, 4) is 0 Å². The standard InChI is InChI=1S/C18H18Cl2FN3O2/c19-13-8-12(9-14(20)10-13)16(7-11-1-3-15(21)4-2-11)24-18(26)17(25)23-6-5-22/h1-4,8-10,16H,5-7,22H2,(H,23,25)(H,24,26). The van der Waals surface area contributed by atoms with Gasteiger partial charge in [-0.2, -0.15) is 0 Å². The molecule has 0 saturated carbocycles. The van der Waals surface area contributed by atoms with E-state index in [1.54, 1.807) is 30.3 Å². The zero-order valence-corrected chi connectivity index (χ0v) is 15.3. The molecule has 0 fully saturated rings. The maximum Gasteiger partial charge on any atom is 0.309 e. The highest BCUT2D eigenvalue weighted by Gasteiger charge is 2.21. The third-order valence-electron chi connectivity index (χ3n) is 3.58. The van der Waals surface area contributed by atoms with Crippen molar-refractivity contribution in [2.45, 2.75) is 12.5 Å². The van der Waals surface area contributed by atoms with Gasteiger partial charge in [0.25, 0.3) is 0 Å². The summed E-state index contributed by atoms with van der Waals surface area (Å²) in [6.45, 7) is 0.416. The van der Waals surface area contributed by atoms with E-state index in [-0.39, 0.29) is 18.9 Å². The number of rotatable bonds is 6. The van der Waals surface area contributed by atoms with Gasteiger partial charge in [0, 0.05) is 23.1 Å². The van der Waals surface area contributed by atoms with E-state index >= 15 is 0 Å². The van der Waals surface area contributed by atoms with Crippen molar-refractivity contribution in [1.29, 1.82) is 0 Å². The molecule has 0 aliphatic heterocycles. The summed E-state index contributed by atoms with van der Waals surface area (Å²) in [5.74, 6) is -1.95. The van der Waals surface area contributed by atoms with E-state index in [0.29, 0.717) is 22.0 Å². The predicted molar refractivity (Wildman–Crippen MR) is 99.5 cm³/mol. The fraction of sp³-hybridized carbons (Fsp3) is 0.222. The molecular weight excluding hydrogens is 380 g/mol. The quantitative estimate of drug-likeness (QED) is 0.654. The molecule has 0 aliphatic rings. The molecule has 0 aromatic heterocycles. The Balaban J connectivity index is 2.24. The number of amides is 2. The fourth-order valence-corrected chi connectivity index (χ4v) is 2.92. The van der Waals surface area contributed by atoms with Gasteiger partial charge in [-0.15, -0.1) is 0 Å². The first-order chi connectivity index (χ1) is 12.4. The predicted octanol–water partition coefficient (Wildman–Crippen LogP) is 2.61. The van der Waals surface area contributed by atoms with Crippen LogP contribution in [0.3, 0.4) is 0 Å². The van der Waals surface area contributed by atoms with Crippen LogP contribution in [0.4, 0.5) is 4.39 Å². The van der Waals surface area contributed by atoms with Gasteiger partial charge >= 0.3 is 11.8 Å². The van der Waals surface area contributed by atoms with Crippen LogP contribution in [0.1, 0.15) is 17.2 Å². The van der Waals surface area contributed by atoms with Gasteiger partial charge in [-0.25, -0.2) is 4.39 Å². The first-order valence-corrected chi connectivity index (χ1v) is 8.64. The largest absolute Gasteiger partial charge is 0.347 e. The van der Waals surface area contributed by atoms with E-state index < -0.39 is 17.9 Å². The average molecular weight is 398 g/mol. The summed E-state index contributed by atoms with van der Waals surface area (Å²) >= 11 is 12.1. The minimum Gasteiger partial charge on any atom is -0.347 e. The van der Waals surface area contributed by atoms with Crippen LogP contribution in [0.25, 0.3) is 0 Å². The van der Waals surface area contributed by atoms with Crippen molar-refractivity contribution in [2.75, 3.05) is 13.1 Å². The van der Waals surface area contributed by atoms with E-state index in [9.17, 15) is 14.0 Å². The second-order valence-corrected chi connectivity index (χ2v) is 6.48. The van der Waals surface area contributed by atoms with Crippen LogP contribution in [0.5, 0.6) is 0 Å². The Hall–Kier alpha value is -2.15. The normalized spacial score (nSPS) is 11.7. The summed E-state index contributed by atoms with van der Waals surface area (Å²) in [5.41, 5.74) is 6.72. The van der Waals surface area contributed by atoms with Crippen LogP contribution in [0.2, 0.25) is 10.0 Å². The highest BCUT2D eigenvalue weighted by atomic mass is 35.5. The van der Waals surface area contributed by atoms with Gasteiger partial charge in [-0.1, -0.05) is 35.3 Å². The molecule has 0 aliphatic carbocycles. The van der Waals surface area contributed by atoms with Gasteiger partial charge in [-0.3, -0.25) is 9.59 Å². The fourth-order valence-electron chi connectivity index (χ4n) is 2.37. The molecule has 2 aromatic carbocycles. The molecule has 0 radical (unpaired) electrons. The lowest BCUT2D eigenvalue weighted by atomic mass is 9.98. The molecule has 0 spiro atoms. The molecule has 0 bridgehead atoms. The van der Waals surface area contributed by atoms with Gasteiger partial charge in [0.2, 0.25) is 0 Å². The minimum absolute atomic E-state index is 0.192. The molecule has 5 nitrogen and oxygen atoms in total. The summed E-state index contributed by atoms with van der Waals surface area (Å²) in [7, 11) is 0. The second kappa shape index (κ2) is 9.52. The number of hydrogen-bond acceptors (Lipinski definition) is 3. The van der Waals surface area contributed by atoms with E-state index in [0.717, 1.165) is 5.56 Å². The zero-order chi connectivity index (χ0) is 19.1. The lowest BCUT2D eigenvalue weighted by molar-refractivity contribution is -0.139. The van der Waals surface area contributed by atoms with Crippen molar-refractivity contribution >= 4 is 35.0 Å². The van der Waals surface area contributed by atoms with Gasteiger partial charge in [0.1, 0.15) is 5.82 Å². The molecule has 0 heterocycles. The van der Waals surface area contributed by atoms with Crippen LogP contribution in [-0.2, 0) is 16.0 Å². The van der Waals surface area contributed by atoms with Crippen molar-refractivity contribution in [1.82, 2.24) is 10.6 Å². The summed E-state index contributed by atoms with van der Waals surface area (Å²) < 4.78 is 13.1. The number of hydrogen-bond donors (Lipinski definition) is 3. The maximum atomic E-state index is 13.1. The molecule has 1 atom stereocenters. The van der Waals surface area contributed by atoms with Gasteiger partial charge in [0.05, 0.1) is 6.04 Å². The lowest BCUT2D eigenvalue weighted by Gasteiger charge is -2.20. The van der Waals surface area contributed by atoms with E-state index in [1.165, 1.54) is 12.1 Å². The molecular formula is C18H18Cl2FN3O2. The molecule has 8 heteroatoms. The first kappa shape index (κ1) is 20.2. The van der Waals surface area contributed by atoms with Gasteiger partial charge < -0.3 is 16.4 Å². The van der Waals surface area contributed by atoms with Crippen LogP contribution in [0.15, 0.2) is 42.5 Å². The number of carbonyl (C=O) groups excluding carboxylic acids is 2. The zero-order valence-electron chi connectivity index (χ0n) is 13.8. The van der Waals surface area contributed by atoms with E-state index in [4.69, 9.17) is 28.9 Å². The van der Waals surface area contributed by atoms with Crippen LogP contribution in [0, 0.1) is 5.82 Å². The van der Waals surface area contributed by atoms with E-state index in [1.807, 2.05) is 0 Å². The minimum atomic E-state index is -0.804. The topological polar surface area (TPSA) is 84.2 Å². The van der Waals surface area contributed by atoms with E-state index in [2.05, 4.69) is 10.6 Å². The Bertz CT molecular complexity index is 764. The Morgan fingerprint density at radius 3 is 2.23 bits per heavy atom. The molecule has 2 rings (SSSR count). The molecule has 2 aromatic rings. The maximum absolute atomic E-state index is 13.1. The number of nitrogens with one attached hydrogen (secondary N) is 2. The summed E-state index contributed by atoms with van der Waals surface area (Å²) in [5, 5.41) is 5.86. The van der Waals surface area contributed by atoms with Crippen molar-refractivity contribution in [3.05, 3.63) is 69.5 Å². The average Bonchev–Trinajstić information content (AvgIpc) is 2.60. The third kappa shape index (κ3) is 5.98. The summed E-state index contributed by atoms with van der Waals surface area (Å²) in [6, 6.07) is 10.2. The Morgan fingerprint density at radius 1 is 1.04 bits per heavy atom. The number of carbonyl (C=O) groups is 2. The molecule has 4 N–H and O–H groups in total. The smallest absolute Gasteiger partial charge is 0.309 e. The second-order valence-electron chi connectivity index (χ2n) is 5.60. The molecule has 26 heavy (non-hydrogen) atoms. The molecule has 2 amide bonds. The highest BCUT2D eigenvalue weighted by Crippen LogP contribution is 2.26. The highest BCUT2D eigenvalue weighted by molar-refractivity contribution is 6.35. The summed E-state index contributed by atoms with van der Waals surface area (Å²) in [6.07, 6.45) is 0.326. The molecule has 0 saturated heterocycles. The van der Waals surface area contributed by atoms with Crippen LogP contribution in [-0.4, -0.2) is 24.9 Å². The Morgan fingerprint density at radius 2 is 1.65 bits per heavy atom. The molecule has 1 unspecified atom stereocenters. The van der Waals surface area contributed by atoms with Gasteiger partial charge in [0.15, 0.2) is 0 Å². The SMILES string of the molecule is NCCNC(=O)C(=O)NC(Cc1ccc(F)cc1)c1cc(Cl)cc(Cl)c1. The van der Waals surface area contributed by atoms with Gasteiger partial charge in [-0.05, 0) is 47.9 Å². The van der Waals surface area contributed by atoms with Crippen molar-refractivity contribution in [2.24, 2.45) is 5.73 Å². The third-order valence-corrected chi connectivity index (χ3v) is 4.02. The van der Waals surface area contributed by atoms with Crippen LogP contribution < -0.4 is 16.4 Å². The first-order valence-electron chi connectivity index (χ1n) is 7.88. The number of halogens is 3. The molecule has 138 valence electrons. The van der Waals surface area contributed by atoms with Crippen LogP contribution >= 0.6 is 23.2 Å². The number of nitrogens with two attached hydrogens (primary N) is 1.